The van der Waals surface area contributed by atoms with Crippen molar-refractivity contribution in [2.45, 2.75) is 32.7 Å². The normalized spacial score (nSPS) is 22.8. The number of anilines is 1. The topological polar surface area (TPSA) is 67.1 Å². The van der Waals surface area contributed by atoms with E-state index in [2.05, 4.69) is 17.7 Å². The quantitative estimate of drug-likeness (QED) is 0.551. The van der Waals surface area contributed by atoms with Crippen molar-refractivity contribution in [1.82, 2.24) is 5.32 Å². The number of hydrazine groups is 1. The van der Waals surface area contributed by atoms with Crippen LogP contribution in [0.1, 0.15) is 35.7 Å². The molecule has 1 aliphatic carbocycles. The fourth-order valence-electron chi connectivity index (χ4n) is 2.29. The number of hydrogen-bond acceptors (Lipinski definition) is 3. The van der Waals surface area contributed by atoms with Crippen LogP contribution in [0.3, 0.4) is 0 Å². The maximum absolute atomic E-state index is 12.0. The number of carbonyl (C=O) groups excluding carboxylic acids is 1. The van der Waals surface area contributed by atoms with E-state index >= 15 is 0 Å². The number of carbonyl (C=O) groups is 1. The van der Waals surface area contributed by atoms with E-state index in [1.807, 2.05) is 25.1 Å². The molecule has 1 fully saturated rings. The van der Waals surface area contributed by atoms with Crippen LogP contribution in [-0.4, -0.2) is 11.9 Å². The number of aryl methyl sites for hydroxylation is 1. The minimum atomic E-state index is 0.0166. The molecule has 0 saturated heterocycles. The summed E-state index contributed by atoms with van der Waals surface area (Å²) in [5.74, 6) is 6.08. The Balaban J connectivity index is 2.03. The molecule has 1 aromatic rings. The minimum absolute atomic E-state index is 0.0166. The Bertz CT molecular complexity index is 425. The number of hydrogen-bond donors (Lipinski definition) is 3. The molecular weight excluding hydrogens is 214 g/mol. The Hall–Kier alpha value is -1.55. The predicted octanol–water partition coefficient (Wildman–Crippen LogP) is 1.81. The van der Waals surface area contributed by atoms with E-state index in [0.717, 1.165) is 35.6 Å². The van der Waals surface area contributed by atoms with Crippen LogP contribution in [-0.2, 0) is 0 Å². The van der Waals surface area contributed by atoms with Crippen LogP contribution in [0.2, 0.25) is 0 Å². The first-order valence-corrected chi connectivity index (χ1v) is 5.98. The molecular formula is C13H19N3O. The van der Waals surface area contributed by atoms with Crippen LogP contribution in [0, 0.1) is 12.8 Å². The van der Waals surface area contributed by atoms with E-state index in [4.69, 9.17) is 5.84 Å². The summed E-state index contributed by atoms with van der Waals surface area (Å²) < 4.78 is 0. The van der Waals surface area contributed by atoms with Gasteiger partial charge < -0.3 is 10.7 Å². The molecule has 0 heterocycles. The lowest BCUT2D eigenvalue weighted by atomic mass is 9.82. The molecule has 0 aromatic heterocycles. The molecule has 1 aliphatic rings. The second kappa shape index (κ2) is 4.75. The highest BCUT2D eigenvalue weighted by molar-refractivity contribution is 5.96. The Kier molecular flexibility index (Phi) is 3.33. The highest BCUT2D eigenvalue weighted by atomic mass is 16.1. The summed E-state index contributed by atoms with van der Waals surface area (Å²) >= 11 is 0. The molecule has 4 nitrogen and oxygen atoms in total. The number of nitrogen functional groups attached to an aromatic ring is 1. The molecule has 2 rings (SSSR count). The second-order valence-electron chi connectivity index (χ2n) is 4.92. The molecule has 0 radical (unpaired) electrons. The van der Waals surface area contributed by atoms with Crippen molar-refractivity contribution < 1.29 is 4.79 Å². The van der Waals surface area contributed by atoms with Gasteiger partial charge in [0.15, 0.2) is 0 Å². The van der Waals surface area contributed by atoms with Gasteiger partial charge in [-0.1, -0.05) is 6.92 Å². The van der Waals surface area contributed by atoms with Crippen molar-refractivity contribution in [3.63, 3.8) is 0 Å². The van der Waals surface area contributed by atoms with E-state index < -0.39 is 0 Å². The summed E-state index contributed by atoms with van der Waals surface area (Å²) in [4.78, 5) is 12.0. The fourth-order valence-corrected chi connectivity index (χ4v) is 2.29. The van der Waals surface area contributed by atoms with Crippen LogP contribution in [0.5, 0.6) is 0 Å². The van der Waals surface area contributed by atoms with Crippen molar-refractivity contribution in [1.29, 1.82) is 0 Å². The molecule has 1 amide bonds. The zero-order chi connectivity index (χ0) is 12.4. The number of nitrogens with one attached hydrogen (secondary N) is 2. The summed E-state index contributed by atoms with van der Waals surface area (Å²) in [5.41, 5.74) is 5.05. The van der Waals surface area contributed by atoms with E-state index in [9.17, 15) is 4.79 Å². The molecule has 1 aromatic carbocycles. The van der Waals surface area contributed by atoms with Crippen molar-refractivity contribution in [2.24, 2.45) is 11.8 Å². The molecule has 0 aliphatic heterocycles. The summed E-state index contributed by atoms with van der Waals surface area (Å²) in [6.45, 7) is 4.12. The first kappa shape index (κ1) is 11.9. The maximum Gasteiger partial charge on any atom is 0.251 e. The third-order valence-electron chi connectivity index (χ3n) is 3.35. The number of rotatable bonds is 3. The first-order chi connectivity index (χ1) is 8.10. The summed E-state index contributed by atoms with van der Waals surface area (Å²) in [5, 5.41) is 3.05. The summed E-state index contributed by atoms with van der Waals surface area (Å²) in [6.07, 6.45) is 2.18. The van der Waals surface area contributed by atoms with E-state index in [1.165, 1.54) is 0 Å². The largest absolute Gasteiger partial charge is 0.349 e. The van der Waals surface area contributed by atoms with Gasteiger partial charge >= 0.3 is 0 Å². The average Bonchev–Trinajstić information content (AvgIpc) is 2.26. The number of nitrogens with two attached hydrogens (primary N) is 1. The van der Waals surface area contributed by atoms with Crippen LogP contribution >= 0.6 is 0 Å². The molecule has 92 valence electrons. The molecule has 0 atom stereocenters. The monoisotopic (exact) mass is 233 g/mol. The lowest BCUT2D eigenvalue weighted by Gasteiger charge is -2.33. The van der Waals surface area contributed by atoms with Gasteiger partial charge in [-0.3, -0.25) is 10.6 Å². The summed E-state index contributed by atoms with van der Waals surface area (Å²) in [7, 11) is 0. The van der Waals surface area contributed by atoms with E-state index in [-0.39, 0.29) is 5.91 Å². The van der Waals surface area contributed by atoms with Gasteiger partial charge in [-0.15, -0.1) is 0 Å². The summed E-state index contributed by atoms with van der Waals surface area (Å²) in [6, 6.07) is 5.84. The number of benzene rings is 1. The molecule has 4 N–H and O–H groups in total. The van der Waals surface area contributed by atoms with Crippen LogP contribution in [0.4, 0.5) is 5.69 Å². The lowest BCUT2D eigenvalue weighted by Crippen LogP contribution is -2.43. The van der Waals surface area contributed by atoms with Crippen LogP contribution in [0.15, 0.2) is 18.2 Å². The predicted molar refractivity (Wildman–Crippen MR) is 68.6 cm³/mol. The van der Waals surface area contributed by atoms with E-state index in [1.54, 1.807) is 0 Å². The highest BCUT2D eigenvalue weighted by Gasteiger charge is 2.27. The minimum Gasteiger partial charge on any atom is -0.349 e. The zero-order valence-electron chi connectivity index (χ0n) is 10.3. The van der Waals surface area contributed by atoms with Crippen LogP contribution in [0.25, 0.3) is 0 Å². The lowest BCUT2D eigenvalue weighted by molar-refractivity contribution is 0.0895. The number of amides is 1. The Labute approximate surface area is 102 Å². The van der Waals surface area contributed by atoms with Gasteiger partial charge in [0.2, 0.25) is 0 Å². The fraction of sp³-hybridized carbons (Fsp3) is 0.462. The van der Waals surface area contributed by atoms with E-state index in [0.29, 0.717) is 6.04 Å². The van der Waals surface area contributed by atoms with Gasteiger partial charge in [-0.25, -0.2) is 0 Å². The van der Waals surface area contributed by atoms with Crippen molar-refractivity contribution in [3.05, 3.63) is 29.3 Å². The van der Waals surface area contributed by atoms with Crippen molar-refractivity contribution >= 4 is 11.6 Å². The van der Waals surface area contributed by atoms with Crippen LogP contribution < -0.4 is 16.6 Å². The molecule has 0 unspecified atom stereocenters. The molecule has 4 heteroatoms. The molecule has 17 heavy (non-hydrogen) atoms. The Morgan fingerprint density at radius 1 is 1.41 bits per heavy atom. The van der Waals surface area contributed by atoms with Gasteiger partial charge in [-0.05, 0) is 49.4 Å². The highest BCUT2D eigenvalue weighted by Crippen LogP contribution is 2.26. The third-order valence-corrected chi connectivity index (χ3v) is 3.35. The maximum atomic E-state index is 12.0. The van der Waals surface area contributed by atoms with Gasteiger partial charge in [0.05, 0.1) is 0 Å². The molecule has 0 spiro atoms. The third kappa shape index (κ3) is 2.58. The average molecular weight is 233 g/mol. The second-order valence-corrected chi connectivity index (χ2v) is 4.92. The standard InChI is InChI=1S/C13H19N3O/c1-8-5-11(6-8)15-13(17)12-4-3-10(16-14)7-9(12)2/h3-4,7-8,11,16H,5-6,14H2,1-2H3,(H,15,17). The Morgan fingerprint density at radius 2 is 2.12 bits per heavy atom. The molecule has 0 bridgehead atoms. The Morgan fingerprint density at radius 3 is 2.65 bits per heavy atom. The van der Waals surface area contributed by atoms with Gasteiger partial charge in [0.1, 0.15) is 0 Å². The smallest absolute Gasteiger partial charge is 0.251 e. The van der Waals surface area contributed by atoms with Crippen molar-refractivity contribution in [2.75, 3.05) is 5.43 Å². The van der Waals surface area contributed by atoms with Gasteiger partial charge in [-0.2, -0.15) is 0 Å². The molecule has 1 saturated carbocycles. The SMILES string of the molecule is Cc1cc(NN)ccc1C(=O)NC1CC(C)C1. The zero-order valence-corrected chi connectivity index (χ0v) is 10.3. The first-order valence-electron chi connectivity index (χ1n) is 5.98. The van der Waals surface area contributed by atoms with Crippen molar-refractivity contribution in [3.8, 4) is 0 Å². The van der Waals surface area contributed by atoms with Gasteiger partial charge in [0.25, 0.3) is 5.91 Å². The van der Waals surface area contributed by atoms with Gasteiger partial charge in [0, 0.05) is 17.3 Å².